The molecule has 4 aromatic rings. The predicted octanol–water partition coefficient (Wildman–Crippen LogP) is 9.13. The second kappa shape index (κ2) is 11.8. The Hall–Kier alpha value is -3.41. The summed E-state index contributed by atoms with van der Waals surface area (Å²) in [5.74, 6) is 1.27. The Morgan fingerprint density at radius 3 is 2.56 bits per heavy atom. The molecule has 0 fully saturated rings. The van der Waals surface area contributed by atoms with Gasteiger partial charge in [-0.3, -0.25) is 4.79 Å². The number of fused-ring (bicyclic) bond motifs is 1. The van der Waals surface area contributed by atoms with Crippen molar-refractivity contribution in [2.24, 2.45) is 16.3 Å². The van der Waals surface area contributed by atoms with Crippen molar-refractivity contribution in [2.75, 3.05) is 5.32 Å². The van der Waals surface area contributed by atoms with Crippen LogP contribution in [0, 0.1) is 11.3 Å². The van der Waals surface area contributed by atoms with Crippen LogP contribution in [0.25, 0.3) is 0 Å². The molecule has 5 rings (SSSR count). The molecule has 0 saturated carbocycles. The van der Waals surface area contributed by atoms with Gasteiger partial charge in [-0.2, -0.15) is 0 Å². The Labute approximate surface area is 239 Å². The lowest BCUT2D eigenvalue weighted by Gasteiger charge is -2.33. The number of aliphatic imine (C=N–C) groups is 1. The van der Waals surface area contributed by atoms with Gasteiger partial charge in [0.2, 0.25) is 0 Å². The zero-order valence-corrected chi connectivity index (χ0v) is 24.1. The third kappa shape index (κ3) is 6.78. The monoisotopic (exact) mass is 556 g/mol. The third-order valence-corrected chi connectivity index (χ3v) is 8.63. The molecule has 0 spiro atoms. The highest BCUT2D eigenvalue weighted by atomic mass is 35.5. The molecule has 200 valence electrons. The normalized spacial score (nSPS) is 15.2. The Morgan fingerprint density at radius 2 is 1.85 bits per heavy atom. The van der Waals surface area contributed by atoms with Crippen LogP contribution >= 0.6 is 22.9 Å². The molecule has 1 aromatic heterocycles. The van der Waals surface area contributed by atoms with Crippen LogP contribution in [0.1, 0.15) is 59.1 Å². The zero-order valence-electron chi connectivity index (χ0n) is 22.5. The highest BCUT2D eigenvalue weighted by Crippen LogP contribution is 2.45. The molecule has 1 heterocycles. The number of thiophene rings is 1. The fraction of sp³-hybridized carbons (Fsp3) is 0.273. The van der Waals surface area contributed by atoms with Crippen LogP contribution < -0.4 is 10.1 Å². The van der Waals surface area contributed by atoms with Crippen LogP contribution in [-0.4, -0.2) is 12.1 Å². The molecule has 0 saturated heterocycles. The van der Waals surface area contributed by atoms with E-state index in [1.165, 1.54) is 4.88 Å². The van der Waals surface area contributed by atoms with Gasteiger partial charge in [-0.05, 0) is 95.8 Å². The smallest absolute Gasteiger partial charge is 0.259 e. The topological polar surface area (TPSA) is 50.7 Å². The maximum atomic E-state index is 13.5. The van der Waals surface area contributed by atoms with E-state index >= 15 is 0 Å². The van der Waals surface area contributed by atoms with Crippen molar-refractivity contribution in [3.8, 4) is 5.75 Å². The van der Waals surface area contributed by atoms with Crippen molar-refractivity contribution in [3.05, 3.63) is 111 Å². The molecule has 0 aliphatic heterocycles. The molecule has 39 heavy (non-hydrogen) atoms. The summed E-state index contributed by atoms with van der Waals surface area (Å²) in [5, 5.41) is 4.55. The molecule has 1 aliphatic rings. The van der Waals surface area contributed by atoms with Crippen molar-refractivity contribution in [2.45, 2.75) is 46.6 Å². The van der Waals surface area contributed by atoms with Crippen molar-refractivity contribution < 1.29 is 9.53 Å². The molecule has 3 aromatic carbocycles. The fourth-order valence-corrected chi connectivity index (χ4v) is 6.41. The van der Waals surface area contributed by atoms with Crippen molar-refractivity contribution in [1.29, 1.82) is 0 Å². The molecule has 0 radical (unpaired) electrons. The first kappa shape index (κ1) is 27.2. The van der Waals surface area contributed by atoms with Crippen molar-refractivity contribution >= 4 is 45.7 Å². The minimum Gasteiger partial charge on any atom is -0.489 e. The molecule has 0 unspecified atom stereocenters. The van der Waals surface area contributed by atoms with E-state index in [9.17, 15) is 4.79 Å². The second-order valence-corrected chi connectivity index (χ2v) is 12.6. The summed E-state index contributed by atoms with van der Waals surface area (Å²) < 4.78 is 5.91. The summed E-state index contributed by atoms with van der Waals surface area (Å²) in [7, 11) is 0. The Balaban J connectivity index is 1.36. The molecule has 1 N–H and O–H groups in total. The molecule has 1 aliphatic carbocycles. The van der Waals surface area contributed by atoms with Gasteiger partial charge >= 0.3 is 0 Å². The number of rotatable bonds is 7. The number of nitrogens with zero attached hydrogens (tertiary/aromatic N) is 1. The number of ether oxygens (including phenoxy) is 1. The summed E-state index contributed by atoms with van der Waals surface area (Å²) in [4.78, 5) is 19.6. The lowest BCUT2D eigenvalue weighted by Crippen LogP contribution is -2.27. The van der Waals surface area contributed by atoms with E-state index in [1.807, 2.05) is 85.1 Å². The Bertz CT molecular complexity index is 1470. The van der Waals surface area contributed by atoms with Crippen molar-refractivity contribution in [3.63, 3.8) is 0 Å². The number of nitrogens with one attached hydrogen (secondary N) is 1. The third-order valence-electron chi connectivity index (χ3n) is 7.24. The summed E-state index contributed by atoms with van der Waals surface area (Å²) in [6.07, 6.45) is 4.81. The molecular formula is C33H33ClN2O2S. The minimum absolute atomic E-state index is 0.0928. The first-order valence-corrected chi connectivity index (χ1v) is 14.5. The molecule has 4 nitrogen and oxygen atoms in total. The molecule has 1 amide bonds. The summed E-state index contributed by atoms with van der Waals surface area (Å²) >= 11 is 7.73. The summed E-state index contributed by atoms with van der Waals surface area (Å²) in [5.41, 5.74) is 4.85. The minimum atomic E-state index is -0.0928. The van der Waals surface area contributed by atoms with Crippen LogP contribution in [0.15, 0.2) is 83.9 Å². The number of carbonyl (C=O) groups is 1. The number of halogens is 1. The van der Waals surface area contributed by atoms with Crippen LogP contribution in [0.3, 0.4) is 0 Å². The Morgan fingerprint density at radius 1 is 1.08 bits per heavy atom. The highest BCUT2D eigenvalue weighted by Gasteiger charge is 2.33. The number of benzene rings is 3. The second-order valence-electron chi connectivity index (χ2n) is 11.1. The first-order valence-electron chi connectivity index (χ1n) is 13.3. The quantitative estimate of drug-likeness (QED) is 0.231. The van der Waals surface area contributed by atoms with E-state index in [2.05, 4.69) is 26.1 Å². The van der Waals surface area contributed by atoms with E-state index < -0.39 is 0 Å². The van der Waals surface area contributed by atoms with Crippen LogP contribution in [0.4, 0.5) is 10.7 Å². The van der Waals surface area contributed by atoms with Gasteiger partial charge in [0.05, 0.1) is 5.56 Å². The SMILES string of the molecule is CC(C)(C)[C@H]1CCc2c(sc(N=Cc3ccc(OCc4cccc(Cl)c4)cc3)c2C(=O)Nc2ccccc2)C1. The van der Waals surface area contributed by atoms with Crippen LogP contribution in [0.2, 0.25) is 5.02 Å². The van der Waals surface area contributed by atoms with Gasteiger partial charge < -0.3 is 10.1 Å². The van der Waals surface area contributed by atoms with Gasteiger partial charge in [0.1, 0.15) is 17.4 Å². The molecule has 6 heteroatoms. The van der Waals surface area contributed by atoms with Gasteiger partial charge in [0, 0.05) is 21.8 Å². The van der Waals surface area contributed by atoms with Gasteiger partial charge in [-0.25, -0.2) is 4.99 Å². The van der Waals surface area contributed by atoms with Gasteiger partial charge in [-0.1, -0.05) is 62.7 Å². The van der Waals surface area contributed by atoms with Crippen LogP contribution in [-0.2, 0) is 19.4 Å². The average molecular weight is 557 g/mol. The fourth-order valence-electron chi connectivity index (χ4n) is 4.93. The maximum absolute atomic E-state index is 13.5. The van der Waals surface area contributed by atoms with E-state index in [0.29, 0.717) is 23.1 Å². The summed E-state index contributed by atoms with van der Waals surface area (Å²) in [6, 6.07) is 25.1. The number of amides is 1. The largest absolute Gasteiger partial charge is 0.489 e. The number of hydrogen-bond acceptors (Lipinski definition) is 4. The molecular weight excluding hydrogens is 524 g/mol. The van der Waals surface area contributed by atoms with E-state index in [1.54, 1.807) is 11.3 Å². The highest BCUT2D eigenvalue weighted by molar-refractivity contribution is 7.16. The lowest BCUT2D eigenvalue weighted by molar-refractivity contribution is 0.102. The average Bonchev–Trinajstić information content (AvgIpc) is 3.29. The lowest BCUT2D eigenvalue weighted by atomic mass is 9.72. The van der Waals surface area contributed by atoms with Gasteiger partial charge in [-0.15, -0.1) is 11.3 Å². The van der Waals surface area contributed by atoms with E-state index in [0.717, 1.165) is 52.4 Å². The standard InChI is InChI=1S/C33H33ClN2O2S/c1-33(2,3)24-14-17-28-29(19-24)39-32(30(28)31(37)36-26-10-5-4-6-11-26)35-20-22-12-15-27(16-13-22)38-21-23-8-7-9-25(34)18-23/h4-13,15-16,18,20,24H,14,17,19,21H2,1-3H3,(H,36,37)/t24-/m0/s1. The van der Waals surface area contributed by atoms with E-state index in [4.69, 9.17) is 21.3 Å². The summed E-state index contributed by atoms with van der Waals surface area (Å²) in [6.45, 7) is 7.37. The molecule has 1 atom stereocenters. The van der Waals surface area contributed by atoms with Crippen LogP contribution in [0.5, 0.6) is 5.75 Å². The maximum Gasteiger partial charge on any atom is 0.259 e. The Kier molecular flexibility index (Phi) is 8.20. The first-order chi connectivity index (χ1) is 18.8. The number of hydrogen-bond donors (Lipinski definition) is 1. The number of para-hydroxylation sites is 1. The predicted molar refractivity (Wildman–Crippen MR) is 163 cm³/mol. The number of carbonyl (C=O) groups excluding carboxylic acids is 1. The molecule has 0 bridgehead atoms. The van der Waals surface area contributed by atoms with Gasteiger partial charge in [0.25, 0.3) is 5.91 Å². The van der Waals surface area contributed by atoms with E-state index in [-0.39, 0.29) is 11.3 Å². The zero-order chi connectivity index (χ0) is 27.4. The number of anilines is 1. The van der Waals surface area contributed by atoms with Gasteiger partial charge in [0.15, 0.2) is 0 Å². The van der Waals surface area contributed by atoms with Crippen molar-refractivity contribution in [1.82, 2.24) is 0 Å².